The van der Waals surface area contributed by atoms with Crippen LogP contribution in [0.2, 0.25) is 0 Å². The molecule has 0 aromatic heterocycles. The summed E-state index contributed by atoms with van der Waals surface area (Å²) in [5, 5.41) is 2.90. The molecule has 2 amide bonds. The van der Waals surface area contributed by atoms with Crippen LogP contribution in [-0.2, 0) is 9.59 Å². The van der Waals surface area contributed by atoms with Crippen LogP contribution in [0.4, 0.5) is 0 Å². The predicted octanol–water partition coefficient (Wildman–Crippen LogP) is 1.27. The van der Waals surface area contributed by atoms with E-state index in [2.05, 4.69) is 12.2 Å². The van der Waals surface area contributed by atoms with E-state index in [1.165, 1.54) is 0 Å². The molecule has 5 heteroatoms. The molecule has 0 radical (unpaired) electrons. The molecule has 3 unspecified atom stereocenters. The maximum absolute atomic E-state index is 12.5. The predicted molar refractivity (Wildman–Crippen MR) is 82.5 cm³/mol. The monoisotopic (exact) mass is 295 g/mol. The Balaban J connectivity index is 1.86. The van der Waals surface area contributed by atoms with Crippen LogP contribution >= 0.6 is 0 Å². The van der Waals surface area contributed by atoms with Crippen LogP contribution in [0.15, 0.2) is 0 Å². The molecule has 2 fully saturated rings. The molecule has 2 rings (SSSR count). The smallest absolute Gasteiger partial charge is 0.225 e. The number of fused-ring (bicyclic) bond motifs is 1. The second-order valence-corrected chi connectivity index (χ2v) is 6.42. The summed E-state index contributed by atoms with van der Waals surface area (Å²) in [7, 11) is 0. The van der Waals surface area contributed by atoms with Crippen molar-refractivity contribution < 1.29 is 9.59 Å². The average Bonchev–Trinajstić information content (AvgIpc) is 2.86. The van der Waals surface area contributed by atoms with Gasteiger partial charge in [-0.25, -0.2) is 0 Å². The summed E-state index contributed by atoms with van der Waals surface area (Å²) >= 11 is 0. The van der Waals surface area contributed by atoms with Crippen molar-refractivity contribution in [3.05, 3.63) is 0 Å². The Hall–Kier alpha value is -1.10. The molecule has 0 bridgehead atoms. The molecule has 120 valence electrons. The maximum Gasteiger partial charge on any atom is 0.225 e. The number of nitrogens with two attached hydrogens (primary N) is 1. The maximum atomic E-state index is 12.5. The lowest BCUT2D eigenvalue weighted by Gasteiger charge is -2.36. The number of nitrogens with one attached hydrogen (secondary N) is 1. The zero-order valence-electron chi connectivity index (χ0n) is 13.1. The minimum atomic E-state index is 0.0261. The van der Waals surface area contributed by atoms with Crippen molar-refractivity contribution in [2.45, 2.75) is 57.9 Å². The van der Waals surface area contributed by atoms with Gasteiger partial charge in [0.2, 0.25) is 11.8 Å². The van der Waals surface area contributed by atoms with E-state index in [-0.39, 0.29) is 23.8 Å². The Kier molecular flexibility index (Phi) is 6.03. The fourth-order valence-electron chi connectivity index (χ4n) is 3.81. The van der Waals surface area contributed by atoms with E-state index in [9.17, 15) is 9.59 Å². The lowest BCUT2D eigenvalue weighted by molar-refractivity contribution is -0.137. The molecule has 2 aliphatic rings. The largest absolute Gasteiger partial charge is 0.354 e. The number of carbonyl (C=O) groups is 2. The van der Waals surface area contributed by atoms with Gasteiger partial charge in [0.1, 0.15) is 0 Å². The molecule has 0 aliphatic carbocycles. The number of amides is 2. The molecule has 2 saturated heterocycles. The van der Waals surface area contributed by atoms with Crippen molar-refractivity contribution in [3.8, 4) is 0 Å². The fraction of sp³-hybridized carbons (Fsp3) is 0.875. The van der Waals surface area contributed by atoms with Gasteiger partial charge in [0.15, 0.2) is 0 Å². The summed E-state index contributed by atoms with van der Waals surface area (Å²) < 4.78 is 0. The Morgan fingerprint density at radius 1 is 1.43 bits per heavy atom. The first kappa shape index (κ1) is 16.3. The number of carbonyl (C=O) groups excluding carboxylic acids is 2. The highest BCUT2D eigenvalue weighted by molar-refractivity contribution is 5.84. The number of nitrogens with zero attached hydrogens (tertiary/aromatic N) is 1. The number of hydrogen-bond donors (Lipinski definition) is 2. The summed E-state index contributed by atoms with van der Waals surface area (Å²) in [5.74, 6) is 0.940. The first-order chi connectivity index (χ1) is 10.2. The zero-order chi connectivity index (χ0) is 15.2. The second-order valence-electron chi connectivity index (χ2n) is 6.42. The molecule has 0 saturated carbocycles. The van der Waals surface area contributed by atoms with Crippen LogP contribution in [0.5, 0.6) is 0 Å². The minimum absolute atomic E-state index is 0.0261. The van der Waals surface area contributed by atoms with Crippen LogP contribution in [0.3, 0.4) is 0 Å². The van der Waals surface area contributed by atoms with Gasteiger partial charge in [0, 0.05) is 19.5 Å². The van der Waals surface area contributed by atoms with Gasteiger partial charge in [-0.3, -0.25) is 9.59 Å². The van der Waals surface area contributed by atoms with Crippen molar-refractivity contribution >= 4 is 11.8 Å². The van der Waals surface area contributed by atoms with Crippen LogP contribution in [0, 0.1) is 11.8 Å². The molecular weight excluding hydrogens is 266 g/mol. The first-order valence-corrected chi connectivity index (χ1v) is 8.44. The Labute approximate surface area is 127 Å². The highest BCUT2D eigenvalue weighted by atomic mass is 16.2. The lowest BCUT2D eigenvalue weighted by Crippen LogP contribution is -2.48. The third-order valence-corrected chi connectivity index (χ3v) is 4.96. The van der Waals surface area contributed by atoms with Crippen LogP contribution < -0.4 is 11.1 Å². The highest BCUT2D eigenvalue weighted by Gasteiger charge is 2.42. The first-order valence-electron chi connectivity index (χ1n) is 8.44. The number of likely N-dealkylation sites (tertiary alicyclic amines) is 1. The molecule has 2 heterocycles. The van der Waals surface area contributed by atoms with E-state index in [4.69, 9.17) is 5.73 Å². The van der Waals surface area contributed by atoms with E-state index in [1.54, 1.807) is 0 Å². The van der Waals surface area contributed by atoms with Crippen molar-refractivity contribution in [3.63, 3.8) is 0 Å². The van der Waals surface area contributed by atoms with Crippen molar-refractivity contribution in [2.75, 3.05) is 19.6 Å². The molecule has 2 aliphatic heterocycles. The van der Waals surface area contributed by atoms with Gasteiger partial charge in [-0.05, 0) is 38.1 Å². The fourth-order valence-corrected chi connectivity index (χ4v) is 3.81. The Morgan fingerprint density at radius 3 is 2.95 bits per heavy atom. The molecule has 0 aromatic rings. The quantitative estimate of drug-likeness (QED) is 0.742. The van der Waals surface area contributed by atoms with Crippen LogP contribution in [0.1, 0.15) is 51.9 Å². The summed E-state index contributed by atoms with van der Waals surface area (Å²) in [6, 6.07) is 0.0953. The molecule has 5 nitrogen and oxygen atoms in total. The highest BCUT2D eigenvalue weighted by Crippen LogP contribution is 2.28. The van der Waals surface area contributed by atoms with Crippen molar-refractivity contribution in [1.82, 2.24) is 10.2 Å². The van der Waals surface area contributed by atoms with Crippen molar-refractivity contribution in [1.29, 1.82) is 0 Å². The second kappa shape index (κ2) is 7.78. The molecular formula is C16H29N3O2. The molecule has 0 aromatic carbocycles. The van der Waals surface area contributed by atoms with Gasteiger partial charge in [0.25, 0.3) is 0 Å². The summed E-state index contributed by atoms with van der Waals surface area (Å²) in [5.41, 5.74) is 5.65. The van der Waals surface area contributed by atoms with Gasteiger partial charge < -0.3 is 16.0 Å². The minimum Gasteiger partial charge on any atom is -0.354 e. The molecule has 3 atom stereocenters. The van der Waals surface area contributed by atoms with E-state index in [0.717, 1.165) is 45.1 Å². The lowest BCUT2D eigenvalue weighted by atomic mass is 9.90. The summed E-state index contributed by atoms with van der Waals surface area (Å²) in [6.07, 6.45) is 6.70. The average molecular weight is 295 g/mol. The third-order valence-electron chi connectivity index (χ3n) is 4.96. The SMILES string of the molecule is CCCC(CCN)CCC(=O)N1CCCC2C(=O)NCC21. The normalized spacial score (nSPS) is 26.4. The van der Waals surface area contributed by atoms with Crippen molar-refractivity contribution in [2.24, 2.45) is 17.6 Å². The summed E-state index contributed by atoms with van der Waals surface area (Å²) in [6.45, 7) is 4.32. The van der Waals surface area contributed by atoms with Crippen LogP contribution in [-0.4, -0.2) is 42.4 Å². The molecule has 0 spiro atoms. The number of rotatable bonds is 7. The Bertz CT molecular complexity index is 367. The van der Waals surface area contributed by atoms with E-state index in [1.807, 2.05) is 4.90 Å². The zero-order valence-corrected chi connectivity index (χ0v) is 13.1. The molecule has 3 N–H and O–H groups in total. The van der Waals surface area contributed by atoms with E-state index < -0.39 is 0 Å². The standard InChI is InChI=1S/C16H29N3O2/c1-2-4-12(8-9-17)6-7-15(20)19-10-3-5-13-14(19)11-18-16(13)21/h12-14H,2-11,17H2,1H3,(H,18,21). The number of piperidine rings is 1. The molecule has 21 heavy (non-hydrogen) atoms. The number of hydrogen-bond acceptors (Lipinski definition) is 3. The van der Waals surface area contributed by atoms with Gasteiger partial charge in [-0.1, -0.05) is 19.8 Å². The summed E-state index contributed by atoms with van der Waals surface area (Å²) in [4.78, 5) is 26.2. The van der Waals surface area contributed by atoms with Crippen LogP contribution in [0.25, 0.3) is 0 Å². The van der Waals surface area contributed by atoms with Gasteiger partial charge in [-0.2, -0.15) is 0 Å². The third kappa shape index (κ3) is 3.96. The Morgan fingerprint density at radius 2 is 2.24 bits per heavy atom. The van der Waals surface area contributed by atoms with E-state index in [0.29, 0.717) is 25.4 Å². The van der Waals surface area contributed by atoms with Gasteiger partial charge in [-0.15, -0.1) is 0 Å². The van der Waals surface area contributed by atoms with Gasteiger partial charge >= 0.3 is 0 Å². The van der Waals surface area contributed by atoms with E-state index >= 15 is 0 Å². The van der Waals surface area contributed by atoms with Gasteiger partial charge in [0.05, 0.1) is 12.0 Å². The topological polar surface area (TPSA) is 75.4 Å².